The van der Waals surface area contributed by atoms with Crippen molar-refractivity contribution in [2.45, 2.75) is 83.3 Å². The Labute approximate surface area is 194 Å². The predicted octanol–water partition coefficient (Wildman–Crippen LogP) is 7.06. The standard InChI is InChI=1S/C27H41NO4/c1-2-3-4-5-6-7-8-9-10-11-12-16-20-27(31-22-23-32-27)21-19-25(28-29)24-30-26-17-14-13-15-18-26/h7-10,13-15,17-18,29H,2-6,11-12,16,19-24H2,1H3/b8-7+,10-9+,28-25+. The van der Waals surface area contributed by atoms with E-state index in [4.69, 9.17) is 14.2 Å². The molecule has 178 valence electrons. The summed E-state index contributed by atoms with van der Waals surface area (Å²) in [5.41, 5.74) is 0.594. The average Bonchev–Trinajstić information content (AvgIpc) is 3.29. The van der Waals surface area contributed by atoms with Gasteiger partial charge in [0, 0.05) is 12.8 Å². The van der Waals surface area contributed by atoms with Crippen LogP contribution in [0, 0.1) is 0 Å². The lowest BCUT2D eigenvalue weighted by Crippen LogP contribution is -2.31. The summed E-state index contributed by atoms with van der Waals surface area (Å²) >= 11 is 0. The summed E-state index contributed by atoms with van der Waals surface area (Å²) in [6, 6.07) is 9.55. The number of para-hydroxylation sites is 1. The van der Waals surface area contributed by atoms with E-state index >= 15 is 0 Å². The summed E-state index contributed by atoms with van der Waals surface area (Å²) in [7, 11) is 0. The van der Waals surface area contributed by atoms with Gasteiger partial charge in [0.2, 0.25) is 0 Å². The van der Waals surface area contributed by atoms with Crippen LogP contribution in [0.5, 0.6) is 5.75 Å². The number of hydrogen-bond donors (Lipinski definition) is 1. The van der Waals surface area contributed by atoms with E-state index in [0.717, 1.165) is 31.4 Å². The fourth-order valence-electron chi connectivity index (χ4n) is 3.77. The van der Waals surface area contributed by atoms with Crippen molar-refractivity contribution in [3.63, 3.8) is 0 Å². The highest BCUT2D eigenvalue weighted by Crippen LogP contribution is 2.31. The Morgan fingerprint density at radius 1 is 0.969 bits per heavy atom. The molecule has 1 N–H and O–H groups in total. The monoisotopic (exact) mass is 443 g/mol. The van der Waals surface area contributed by atoms with Crippen molar-refractivity contribution in [1.82, 2.24) is 0 Å². The predicted molar refractivity (Wildman–Crippen MR) is 131 cm³/mol. The van der Waals surface area contributed by atoms with Crippen LogP contribution >= 0.6 is 0 Å². The zero-order valence-electron chi connectivity index (χ0n) is 19.7. The fraction of sp³-hybridized carbons (Fsp3) is 0.593. The van der Waals surface area contributed by atoms with Gasteiger partial charge in [0.15, 0.2) is 5.79 Å². The Morgan fingerprint density at radius 3 is 2.31 bits per heavy atom. The second-order valence-corrected chi connectivity index (χ2v) is 8.33. The van der Waals surface area contributed by atoms with Crippen molar-refractivity contribution in [2.24, 2.45) is 5.16 Å². The zero-order valence-corrected chi connectivity index (χ0v) is 19.7. The van der Waals surface area contributed by atoms with Crippen molar-refractivity contribution in [2.75, 3.05) is 19.8 Å². The maximum atomic E-state index is 9.36. The molecule has 0 saturated carbocycles. The Bertz CT molecular complexity index is 678. The third kappa shape index (κ3) is 11.0. The van der Waals surface area contributed by atoms with Crippen LogP contribution in [0.15, 0.2) is 59.8 Å². The maximum Gasteiger partial charge on any atom is 0.168 e. The Kier molecular flexibility index (Phi) is 13.5. The molecule has 0 aliphatic carbocycles. The summed E-state index contributed by atoms with van der Waals surface area (Å²) in [6.07, 6.45) is 20.6. The molecular formula is C27H41NO4. The van der Waals surface area contributed by atoms with Gasteiger partial charge in [0.25, 0.3) is 0 Å². The maximum absolute atomic E-state index is 9.36. The van der Waals surface area contributed by atoms with Crippen molar-refractivity contribution < 1.29 is 19.4 Å². The number of unbranched alkanes of at least 4 members (excludes halogenated alkanes) is 6. The molecule has 5 nitrogen and oxygen atoms in total. The highest BCUT2D eigenvalue weighted by Gasteiger charge is 2.35. The number of hydrogen-bond acceptors (Lipinski definition) is 5. The van der Waals surface area contributed by atoms with Crippen molar-refractivity contribution in [3.05, 3.63) is 54.6 Å². The zero-order chi connectivity index (χ0) is 22.7. The van der Waals surface area contributed by atoms with Gasteiger partial charge in [-0.3, -0.25) is 0 Å². The molecule has 1 saturated heterocycles. The molecule has 1 aromatic carbocycles. The highest BCUT2D eigenvalue weighted by molar-refractivity contribution is 5.85. The van der Waals surface area contributed by atoms with Crippen LogP contribution < -0.4 is 4.74 Å². The molecule has 0 amide bonds. The van der Waals surface area contributed by atoms with Crippen LogP contribution in [0.25, 0.3) is 0 Å². The van der Waals surface area contributed by atoms with Crippen LogP contribution in [0.2, 0.25) is 0 Å². The smallest absolute Gasteiger partial charge is 0.168 e. The number of nitrogens with zero attached hydrogens (tertiary/aromatic N) is 1. The van der Waals surface area contributed by atoms with Gasteiger partial charge in [-0.15, -0.1) is 0 Å². The van der Waals surface area contributed by atoms with Gasteiger partial charge in [-0.1, -0.05) is 73.8 Å². The van der Waals surface area contributed by atoms with Gasteiger partial charge in [0.1, 0.15) is 12.4 Å². The number of oxime groups is 1. The fourth-order valence-corrected chi connectivity index (χ4v) is 3.77. The lowest BCUT2D eigenvalue weighted by atomic mass is 10.0. The number of rotatable bonds is 17. The second kappa shape index (κ2) is 16.5. The topological polar surface area (TPSA) is 60.3 Å². The van der Waals surface area contributed by atoms with E-state index < -0.39 is 5.79 Å². The van der Waals surface area contributed by atoms with E-state index in [-0.39, 0.29) is 6.61 Å². The summed E-state index contributed by atoms with van der Waals surface area (Å²) < 4.78 is 17.6. The van der Waals surface area contributed by atoms with Gasteiger partial charge >= 0.3 is 0 Å². The molecule has 0 bridgehead atoms. The number of ether oxygens (including phenoxy) is 3. The highest BCUT2D eigenvalue weighted by atomic mass is 16.7. The molecule has 0 spiro atoms. The largest absolute Gasteiger partial charge is 0.488 e. The van der Waals surface area contributed by atoms with Gasteiger partial charge in [-0.05, 0) is 50.7 Å². The van der Waals surface area contributed by atoms with E-state index in [1.165, 1.54) is 32.1 Å². The molecule has 32 heavy (non-hydrogen) atoms. The molecule has 1 aromatic rings. The quantitative estimate of drug-likeness (QED) is 0.0920. The van der Waals surface area contributed by atoms with Gasteiger partial charge in [-0.2, -0.15) is 0 Å². The first-order valence-electron chi connectivity index (χ1n) is 12.3. The van der Waals surface area contributed by atoms with Crippen LogP contribution in [0.4, 0.5) is 0 Å². The minimum absolute atomic E-state index is 0.257. The Hall–Kier alpha value is -2.11. The molecular weight excluding hydrogens is 402 g/mol. The third-order valence-corrected chi connectivity index (χ3v) is 5.68. The van der Waals surface area contributed by atoms with Crippen LogP contribution in [-0.4, -0.2) is 36.5 Å². The molecule has 0 radical (unpaired) electrons. The lowest BCUT2D eigenvalue weighted by Gasteiger charge is -2.27. The first-order chi connectivity index (χ1) is 15.8. The van der Waals surface area contributed by atoms with Crippen LogP contribution in [0.3, 0.4) is 0 Å². The summed E-state index contributed by atoms with van der Waals surface area (Å²) in [4.78, 5) is 0. The average molecular weight is 444 g/mol. The molecule has 0 aromatic heterocycles. The Morgan fingerprint density at radius 2 is 1.66 bits per heavy atom. The summed E-state index contributed by atoms with van der Waals surface area (Å²) in [5, 5.41) is 12.8. The molecule has 2 rings (SSSR count). The Balaban J connectivity index is 1.63. The summed E-state index contributed by atoms with van der Waals surface area (Å²) in [6.45, 7) is 3.74. The number of benzene rings is 1. The van der Waals surface area contributed by atoms with Crippen molar-refractivity contribution >= 4 is 5.71 Å². The van der Waals surface area contributed by atoms with Crippen LogP contribution in [-0.2, 0) is 9.47 Å². The van der Waals surface area contributed by atoms with Crippen molar-refractivity contribution in [1.29, 1.82) is 0 Å². The minimum atomic E-state index is -0.565. The van der Waals surface area contributed by atoms with E-state index in [9.17, 15) is 5.21 Å². The molecule has 1 aliphatic heterocycles. The molecule has 0 unspecified atom stereocenters. The van der Waals surface area contributed by atoms with Crippen molar-refractivity contribution in [3.8, 4) is 5.75 Å². The normalized spacial score (nSPS) is 16.3. The van der Waals surface area contributed by atoms with E-state index in [2.05, 4.69) is 36.4 Å². The SMILES string of the molecule is CCCCCC/C=C/C=C/CCCCC1(CC/C(COc2ccccc2)=N\O)OCCO1. The van der Waals surface area contributed by atoms with Gasteiger partial charge in [-0.25, -0.2) is 0 Å². The molecule has 5 heteroatoms. The van der Waals surface area contributed by atoms with Crippen LogP contribution in [0.1, 0.15) is 77.6 Å². The molecule has 0 atom stereocenters. The minimum Gasteiger partial charge on any atom is -0.488 e. The van der Waals surface area contributed by atoms with E-state index in [1.54, 1.807) is 0 Å². The first-order valence-corrected chi connectivity index (χ1v) is 12.3. The first kappa shape index (κ1) is 26.1. The van der Waals surface area contributed by atoms with Gasteiger partial charge in [0.05, 0.1) is 18.9 Å². The molecule has 1 fully saturated rings. The molecule has 1 aliphatic rings. The number of allylic oxidation sites excluding steroid dienone is 4. The summed E-state index contributed by atoms with van der Waals surface area (Å²) in [5.74, 6) is 0.196. The van der Waals surface area contributed by atoms with E-state index in [1.807, 2.05) is 30.3 Å². The van der Waals surface area contributed by atoms with E-state index in [0.29, 0.717) is 31.8 Å². The van der Waals surface area contributed by atoms with Gasteiger partial charge < -0.3 is 19.4 Å². The lowest BCUT2D eigenvalue weighted by molar-refractivity contribution is -0.166. The third-order valence-electron chi connectivity index (χ3n) is 5.68. The second-order valence-electron chi connectivity index (χ2n) is 8.33. The molecule has 1 heterocycles.